The minimum absolute atomic E-state index is 0.0293. The molecule has 0 atom stereocenters. The molecule has 5 nitrogen and oxygen atoms in total. The highest BCUT2D eigenvalue weighted by Gasteiger charge is 2.19. The van der Waals surface area contributed by atoms with Gasteiger partial charge >= 0.3 is 5.69 Å². The molecule has 0 spiro atoms. The maximum Gasteiger partial charge on any atom is 0.313 e. The summed E-state index contributed by atoms with van der Waals surface area (Å²) in [6, 6.07) is 4.61. The van der Waals surface area contributed by atoms with E-state index in [4.69, 9.17) is 27.9 Å². The fraction of sp³-hybridized carbons (Fsp3) is 0. The average molecular weight is 303 g/mol. The zero-order valence-corrected chi connectivity index (χ0v) is 10.7. The topological polar surface area (TPSA) is 65.3 Å². The van der Waals surface area contributed by atoms with E-state index in [1.807, 2.05) is 0 Å². The van der Waals surface area contributed by atoms with Crippen LogP contribution >= 0.6 is 23.2 Å². The number of hydrogen-bond acceptors (Lipinski definition) is 4. The summed E-state index contributed by atoms with van der Waals surface area (Å²) < 4.78 is 18.1. The zero-order valence-electron chi connectivity index (χ0n) is 9.14. The van der Waals surface area contributed by atoms with Gasteiger partial charge < -0.3 is 4.74 Å². The number of ether oxygens (including phenoxy) is 1. The smallest absolute Gasteiger partial charge is 0.313 e. The predicted molar refractivity (Wildman–Crippen MR) is 67.4 cm³/mol. The maximum absolute atomic E-state index is 12.9. The number of nitro groups is 1. The van der Waals surface area contributed by atoms with E-state index >= 15 is 0 Å². The van der Waals surface area contributed by atoms with Gasteiger partial charge in [0.05, 0.1) is 15.0 Å². The predicted octanol–water partition coefficient (Wildman–Crippen LogP) is 4.23. The fourth-order valence-electron chi connectivity index (χ4n) is 1.32. The van der Waals surface area contributed by atoms with Crippen molar-refractivity contribution >= 4 is 28.9 Å². The minimum Gasteiger partial charge on any atom is -0.450 e. The molecule has 1 aromatic heterocycles. The van der Waals surface area contributed by atoms with Crippen molar-refractivity contribution in [3.8, 4) is 11.5 Å². The molecular formula is C11H5Cl2FN2O3. The third-order valence-electron chi connectivity index (χ3n) is 2.12. The first-order chi connectivity index (χ1) is 8.97. The van der Waals surface area contributed by atoms with Crippen LogP contribution in [-0.2, 0) is 0 Å². The van der Waals surface area contributed by atoms with E-state index in [9.17, 15) is 14.5 Å². The lowest BCUT2D eigenvalue weighted by Crippen LogP contribution is -1.94. The summed E-state index contributed by atoms with van der Waals surface area (Å²) in [7, 11) is 0. The number of hydrogen-bond donors (Lipinski definition) is 0. The van der Waals surface area contributed by atoms with Crippen LogP contribution in [0.1, 0.15) is 0 Å². The van der Waals surface area contributed by atoms with Gasteiger partial charge in [-0.1, -0.05) is 23.2 Å². The molecule has 0 saturated heterocycles. The molecule has 0 N–H and O–H groups in total. The molecule has 8 heteroatoms. The molecule has 2 aromatic rings. The molecule has 1 aromatic carbocycles. The third-order valence-corrected chi connectivity index (χ3v) is 2.85. The summed E-state index contributed by atoms with van der Waals surface area (Å²) in [6.07, 6.45) is 1.17. The molecule has 0 amide bonds. The van der Waals surface area contributed by atoms with E-state index in [1.165, 1.54) is 18.3 Å². The van der Waals surface area contributed by atoms with Crippen molar-refractivity contribution < 1.29 is 14.1 Å². The summed E-state index contributed by atoms with van der Waals surface area (Å²) in [5, 5.41) is 11.0. The van der Waals surface area contributed by atoms with Crippen LogP contribution in [0.15, 0.2) is 30.5 Å². The molecule has 2 rings (SSSR count). The van der Waals surface area contributed by atoms with Gasteiger partial charge in [-0.15, -0.1) is 0 Å². The largest absolute Gasteiger partial charge is 0.450 e. The van der Waals surface area contributed by atoms with Crippen LogP contribution in [-0.4, -0.2) is 9.91 Å². The first kappa shape index (κ1) is 13.5. The highest BCUT2D eigenvalue weighted by atomic mass is 35.5. The maximum atomic E-state index is 12.9. The number of halogens is 3. The van der Waals surface area contributed by atoms with Gasteiger partial charge in [0.15, 0.2) is 0 Å². The second-order valence-corrected chi connectivity index (χ2v) is 4.22. The van der Waals surface area contributed by atoms with Crippen LogP contribution in [0, 0.1) is 16.1 Å². The van der Waals surface area contributed by atoms with E-state index in [0.29, 0.717) is 0 Å². The van der Waals surface area contributed by atoms with Crippen molar-refractivity contribution in [2.75, 3.05) is 0 Å². The van der Waals surface area contributed by atoms with Gasteiger partial charge in [0.25, 0.3) is 0 Å². The molecule has 0 saturated carbocycles. The Kier molecular flexibility index (Phi) is 3.82. The molecule has 0 bridgehead atoms. The summed E-state index contributed by atoms with van der Waals surface area (Å²) in [5.74, 6) is -0.834. The Bertz CT molecular complexity index is 652. The Hall–Kier alpha value is -1.92. The zero-order chi connectivity index (χ0) is 14.0. The molecular weight excluding hydrogens is 298 g/mol. The first-order valence-electron chi connectivity index (χ1n) is 4.90. The van der Waals surface area contributed by atoms with Crippen LogP contribution in [0.4, 0.5) is 10.1 Å². The van der Waals surface area contributed by atoms with Gasteiger partial charge in [-0.2, -0.15) is 4.39 Å². The van der Waals surface area contributed by atoms with Crippen LogP contribution in [0.3, 0.4) is 0 Å². The Morgan fingerprint density at radius 3 is 2.58 bits per heavy atom. The monoisotopic (exact) mass is 302 g/mol. The summed E-state index contributed by atoms with van der Waals surface area (Å²) in [4.78, 5) is 13.6. The molecule has 0 aliphatic heterocycles. The van der Waals surface area contributed by atoms with Crippen LogP contribution < -0.4 is 4.74 Å². The minimum atomic E-state index is -0.764. The summed E-state index contributed by atoms with van der Waals surface area (Å²) >= 11 is 11.5. The Balaban J connectivity index is 2.44. The van der Waals surface area contributed by atoms with E-state index in [0.717, 1.165) is 12.1 Å². The Morgan fingerprint density at radius 1 is 1.26 bits per heavy atom. The van der Waals surface area contributed by atoms with Crippen LogP contribution in [0.5, 0.6) is 11.5 Å². The van der Waals surface area contributed by atoms with E-state index in [2.05, 4.69) is 4.98 Å². The highest BCUT2D eigenvalue weighted by molar-refractivity contribution is 6.42. The number of rotatable bonds is 3. The second kappa shape index (κ2) is 5.38. The number of benzene rings is 1. The SMILES string of the molecule is O=[N+]([O-])c1cc(Cl)c(Cl)cc1Oc1ccnc(F)c1. The van der Waals surface area contributed by atoms with Gasteiger partial charge in [0, 0.05) is 24.4 Å². The van der Waals surface area contributed by atoms with Gasteiger partial charge in [-0.25, -0.2) is 4.98 Å². The van der Waals surface area contributed by atoms with Crippen molar-refractivity contribution in [2.24, 2.45) is 0 Å². The van der Waals surface area contributed by atoms with E-state index < -0.39 is 10.9 Å². The molecule has 0 radical (unpaired) electrons. The van der Waals surface area contributed by atoms with Crippen molar-refractivity contribution in [1.82, 2.24) is 4.98 Å². The van der Waals surface area contributed by atoms with E-state index in [1.54, 1.807) is 0 Å². The molecule has 0 fully saturated rings. The number of nitrogens with zero attached hydrogens (tertiary/aromatic N) is 2. The summed E-state index contributed by atoms with van der Waals surface area (Å²) in [6.45, 7) is 0. The van der Waals surface area contributed by atoms with Crippen LogP contribution in [0.25, 0.3) is 0 Å². The average Bonchev–Trinajstić information content (AvgIpc) is 2.33. The number of aromatic nitrogens is 1. The Morgan fingerprint density at radius 2 is 1.95 bits per heavy atom. The lowest BCUT2D eigenvalue weighted by atomic mass is 10.3. The lowest BCUT2D eigenvalue weighted by molar-refractivity contribution is -0.385. The van der Waals surface area contributed by atoms with Gasteiger partial charge in [0.1, 0.15) is 5.75 Å². The molecule has 98 valence electrons. The first-order valence-corrected chi connectivity index (χ1v) is 5.66. The molecule has 0 aliphatic carbocycles. The van der Waals surface area contributed by atoms with Crippen molar-refractivity contribution in [3.63, 3.8) is 0 Å². The normalized spacial score (nSPS) is 10.3. The third kappa shape index (κ3) is 3.10. The Labute approximate surface area is 116 Å². The standard InChI is InChI=1S/C11H5Cl2FN2O3/c12-7-4-9(16(17)18)10(5-8(7)13)19-6-1-2-15-11(14)3-6/h1-5H. The van der Waals surface area contributed by atoms with Gasteiger partial charge in [-0.3, -0.25) is 10.1 Å². The molecule has 1 heterocycles. The van der Waals surface area contributed by atoms with Crippen molar-refractivity contribution in [3.05, 3.63) is 56.6 Å². The highest BCUT2D eigenvalue weighted by Crippen LogP contribution is 2.37. The summed E-state index contributed by atoms with van der Waals surface area (Å²) in [5.41, 5.74) is -0.369. The second-order valence-electron chi connectivity index (χ2n) is 3.41. The molecule has 19 heavy (non-hydrogen) atoms. The van der Waals surface area contributed by atoms with Crippen molar-refractivity contribution in [1.29, 1.82) is 0 Å². The fourth-order valence-corrected chi connectivity index (χ4v) is 1.63. The quantitative estimate of drug-likeness (QED) is 0.483. The van der Waals surface area contributed by atoms with Crippen molar-refractivity contribution in [2.45, 2.75) is 0 Å². The van der Waals surface area contributed by atoms with Gasteiger partial charge in [-0.05, 0) is 6.07 Å². The molecule has 0 unspecified atom stereocenters. The van der Waals surface area contributed by atoms with E-state index in [-0.39, 0.29) is 27.2 Å². The lowest BCUT2D eigenvalue weighted by Gasteiger charge is -2.07. The van der Waals surface area contributed by atoms with Gasteiger partial charge in [0.2, 0.25) is 11.7 Å². The number of pyridine rings is 1. The van der Waals surface area contributed by atoms with Crippen LogP contribution in [0.2, 0.25) is 10.0 Å². The number of nitro benzene ring substituents is 1. The molecule has 0 aliphatic rings.